The fraction of sp³-hybridized carbons (Fsp3) is 0.600. The Morgan fingerprint density at radius 2 is 2.05 bits per heavy atom. The molecular weight excluding hydrogens is 238 g/mol. The van der Waals surface area contributed by atoms with E-state index in [1.807, 2.05) is 26.0 Å². The molecule has 106 valence electrons. The van der Waals surface area contributed by atoms with E-state index in [9.17, 15) is 4.79 Å². The molecular formula is C15H25N3O. The number of pyridine rings is 1. The summed E-state index contributed by atoms with van der Waals surface area (Å²) in [6.07, 6.45) is 1.89. The molecule has 0 aromatic carbocycles. The Kier molecular flexibility index (Phi) is 6.33. The van der Waals surface area contributed by atoms with E-state index >= 15 is 0 Å². The standard InChI is InChI=1S/C15H25N3O/c1-5-11(4)10-17-15(19)12-8-13(6-2)18-14(9-12)16-7-3/h8-9,11H,5-7,10H2,1-4H3,(H,16,18)(H,17,19). The monoisotopic (exact) mass is 263 g/mol. The number of hydrogen-bond acceptors (Lipinski definition) is 3. The summed E-state index contributed by atoms with van der Waals surface area (Å²) in [5, 5.41) is 6.14. The summed E-state index contributed by atoms with van der Waals surface area (Å²) in [5.74, 6) is 1.26. The molecule has 0 fully saturated rings. The van der Waals surface area contributed by atoms with E-state index in [0.717, 1.165) is 37.4 Å². The maximum atomic E-state index is 12.1. The Morgan fingerprint density at radius 1 is 1.32 bits per heavy atom. The first kappa shape index (κ1) is 15.5. The van der Waals surface area contributed by atoms with Gasteiger partial charge in [0.05, 0.1) is 0 Å². The summed E-state index contributed by atoms with van der Waals surface area (Å²) in [7, 11) is 0. The van der Waals surface area contributed by atoms with Crippen LogP contribution in [0.1, 0.15) is 50.2 Å². The minimum absolute atomic E-state index is 0.0171. The zero-order valence-electron chi connectivity index (χ0n) is 12.4. The number of carbonyl (C=O) groups excluding carboxylic acids is 1. The summed E-state index contributed by atoms with van der Waals surface area (Å²) < 4.78 is 0. The number of amides is 1. The number of hydrogen-bond donors (Lipinski definition) is 2. The molecule has 0 spiro atoms. The molecule has 0 radical (unpaired) electrons. The van der Waals surface area contributed by atoms with Crippen molar-refractivity contribution in [3.63, 3.8) is 0 Å². The van der Waals surface area contributed by atoms with Crippen molar-refractivity contribution in [3.8, 4) is 0 Å². The van der Waals surface area contributed by atoms with E-state index in [-0.39, 0.29) is 5.91 Å². The minimum atomic E-state index is -0.0171. The van der Waals surface area contributed by atoms with Gasteiger partial charge in [-0.05, 0) is 31.4 Å². The van der Waals surface area contributed by atoms with E-state index in [1.165, 1.54) is 0 Å². The van der Waals surface area contributed by atoms with Crippen LogP contribution in [0.4, 0.5) is 5.82 Å². The third-order valence-electron chi connectivity index (χ3n) is 3.17. The normalized spacial score (nSPS) is 12.0. The number of nitrogens with zero attached hydrogens (tertiary/aromatic N) is 1. The number of aryl methyl sites for hydroxylation is 1. The average Bonchev–Trinajstić information content (AvgIpc) is 2.44. The van der Waals surface area contributed by atoms with Gasteiger partial charge in [0.25, 0.3) is 5.91 Å². The van der Waals surface area contributed by atoms with Gasteiger partial charge in [-0.25, -0.2) is 4.98 Å². The Balaban J connectivity index is 2.80. The van der Waals surface area contributed by atoms with E-state index in [1.54, 1.807) is 0 Å². The van der Waals surface area contributed by atoms with Crippen LogP contribution in [0.2, 0.25) is 0 Å². The fourth-order valence-electron chi connectivity index (χ4n) is 1.68. The van der Waals surface area contributed by atoms with Crippen LogP contribution in [0.25, 0.3) is 0 Å². The molecule has 4 nitrogen and oxygen atoms in total. The van der Waals surface area contributed by atoms with Crippen LogP contribution in [0, 0.1) is 5.92 Å². The van der Waals surface area contributed by atoms with Crippen molar-refractivity contribution in [2.45, 2.75) is 40.5 Å². The van der Waals surface area contributed by atoms with Crippen molar-refractivity contribution < 1.29 is 4.79 Å². The van der Waals surface area contributed by atoms with Crippen LogP contribution in [0.3, 0.4) is 0 Å². The highest BCUT2D eigenvalue weighted by atomic mass is 16.1. The maximum Gasteiger partial charge on any atom is 0.251 e. The van der Waals surface area contributed by atoms with Gasteiger partial charge in [-0.15, -0.1) is 0 Å². The first-order chi connectivity index (χ1) is 9.10. The highest BCUT2D eigenvalue weighted by Gasteiger charge is 2.10. The van der Waals surface area contributed by atoms with Crippen molar-refractivity contribution in [3.05, 3.63) is 23.4 Å². The van der Waals surface area contributed by atoms with E-state index < -0.39 is 0 Å². The molecule has 1 atom stereocenters. The first-order valence-electron chi connectivity index (χ1n) is 7.13. The van der Waals surface area contributed by atoms with Crippen molar-refractivity contribution in [2.24, 2.45) is 5.92 Å². The third-order valence-corrected chi connectivity index (χ3v) is 3.17. The van der Waals surface area contributed by atoms with Crippen LogP contribution in [-0.4, -0.2) is 24.0 Å². The summed E-state index contributed by atoms with van der Waals surface area (Å²) in [5.41, 5.74) is 1.62. The van der Waals surface area contributed by atoms with Gasteiger partial charge in [-0.2, -0.15) is 0 Å². The maximum absolute atomic E-state index is 12.1. The molecule has 0 aliphatic heterocycles. The van der Waals surface area contributed by atoms with Crippen LogP contribution in [0.15, 0.2) is 12.1 Å². The predicted molar refractivity (Wildman–Crippen MR) is 79.6 cm³/mol. The highest BCUT2D eigenvalue weighted by molar-refractivity contribution is 5.95. The van der Waals surface area contributed by atoms with Gasteiger partial charge in [0.1, 0.15) is 5.82 Å². The second-order valence-electron chi connectivity index (χ2n) is 4.84. The quantitative estimate of drug-likeness (QED) is 0.795. The molecule has 1 unspecified atom stereocenters. The number of nitrogens with one attached hydrogen (secondary N) is 2. The summed E-state index contributed by atoms with van der Waals surface area (Å²) in [4.78, 5) is 16.6. The zero-order valence-corrected chi connectivity index (χ0v) is 12.4. The Labute approximate surface area is 116 Å². The molecule has 0 saturated carbocycles. The molecule has 0 bridgehead atoms. The largest absolute Gasteiger partial charge is 0.370 e. The number of carbonyl (C=O) groups is 1. The Bertz CT molecular complexity index is 418. The van der Waals surface area contributed by atoms with Crippen LogP contribution in [-0.2, 0) is 6.42 Å². The Hall–Kier alpha value is -1.58. The molecule has 2 N–H and O–H groups in total. The van der Waals surface area contributed by atoms with Crippen LogP contribution >= 0.6 is 0 Å². The summed E-state index contributed by atoms with van der Waals surface area (Å²) in [6, 6.07) is 3.68. The zero-order chi connectivity index (χ0) is 14.3. The number of aromatic nitrogens is 1. The van der Waals surface area contributed by atoms with Crippen molar-refractivity contribution in [1.29, 1.82) is 0 Å². The molecule has 19 heavy (non-hydrogen) atoms. The molecule has 1 rings (SSSR count). The smallest absolute Gasteiger partial charge is 0.251 e. The van der Waals surface area contributed by atoms with Gasteiger partial charge in [-0.1, -0.05) is 27.2 Å². The van der Waals surface area contributed by atoms with Gasteiger partial charge in [0.15, 0.2) is 0 Å². The number of anilines is 1. The van der Waals surface area contributed by atoms with Crippen molar-refractivity contribution >= 4 is 11.7 Å². The van der Waals surface area contributed by atoms with Gasteiger partial charge in [0.2, 0.25) is 0 Å². The molecule has 1 heterocycles. The van der Waals surface area contributed by atoms with Crippen molar-refractivity contribution in [1.82, 2.24) is 10.3 Å². The second-order valence-corrected chi connectivity index (χ2v) is 4.84. The van der Waals surface area contributed by atoms with E-state index in [2.05, 4.69) is 29.5 Å². The van der Waals surface area contributed by atoms with Crippen molar-refractivity contribution in [2.75, 3.05) is 18.4 Å². The first-order valence-corrected chi connectivity index (χ1v) is 7.13. The molecule has 0 aliphatic rings. The fourth-order valence-corrected chi connectivity index (χ4v) is 1.68. The molecule has 1 amide bonds. The molecule has 4 heteroatoms. The van der Waals surface area contributed by atoms with Gasteiger partial charge >= 0.3 is 0 Å². The third kappa shape index (κ3) is 4.89. The second kappa shape index (κ2) is 7.77. The molecule has 0 aliphatic carbocycles. The van der Waals surface area contributed by atoms with Crippen LogP contribution < -0.4 is 10.6 Å². The predicted octanol–water partition coefficient (Wildman–Crippen LogP) is 2.85. The minimum Gasteiger partial charge on any atom is -0.370 e. The lowest BCUT2D eigenvalue weighted by atomic mass is 10.1. The van der Waals surface area contributed by atoms with E-state index in [4.69, 9.17) is 0 Å². The highest BCUT2D eigenvalue weighted by Crippen LogP contribution is 2.11. The SMILES string of the molecule is CCNc1cc(C(=O)NCC(C)CC)cc(CC)n1. The van der Waals surface area contributed by atoms with Gasteiger partial charge in [0, 0.05) is 24.3 Å². The summed E-state index contributed by atoms with van der Waals surface area (Å²) >= 11 is 0. The number of rotatable bonds is 7. The Morgan fingerprint density at radius 3 is 2.63 bits per heavy atom. The molecule has 1 aromatic heterocycles. The van der Waals surface area contributed by atoms with E-state index in [0.29, 0.717) is 11.5 Å². The topological polar surface area (TPSA) is 54.0 Å². The molecule has 1 aromatic rings. The lowest BCUT2D eigenvalue weighted by molar-refractivity contribution is 0.0947. The van der Waals surface area contributed by atoms with Gasteiger partial charge in [-0.3, -0.25) is 4.79 Å². The lowest BCUT2D eigenvalue weighted by Crippen LogP contribution is -2.28. The summed E-state index contributed by atoms with van der Waals surface area (Å²) in [6.45, 7) is 9.84. The van der Waals surface area contributed by atoms with Gasteiger partial charge < -0.3 is 10.6 Å². The lowest BCUT2D eigenvalue weighted by Gasteiger charge is -2.12. The van der Waals surface area contributed by atoms with Crippen LogP contribution in [0.5, 0.6) is 0 Å². The average molecular weight is 263 g/mol. The molecule has 0 saturated heterocycles.